The van der Waals surface area contributed by atoms with Crippen molar-refractivity contribution >= 4 is 33.3 Å². The van der Waals surface area contributed by atoms with E-state index in [1.54, 1.807) is 0 Å². The molecule has 1 rings (SSSR count). The Morgan fingerprint density at radius 3 is 2.50 bits per heavy atom. The monoisotopic (exact) mass is 290 g/mol. The molecule has 0 fully saturated rings. The smallest absolute Gasteiger partial charge is 0.284 e. The highest BCUT2D eigenvalue weighted by atomic mass is 32.2. The van der Waals surface area contributed by atoms with Crippen molar-refractivity contribution in [1.82, 2.24) is 0 Å². The van der Waals surface area contributed by atoms with E-state index in [1.165, 1.54) is 12.1 Å². The number of carbonyl (C=O) groups is 1. The molecular weight excluding hydrogens is 282 g/mol. The second kappa shape index (κ2) is 5.36. The topological polar surface area (TPSA) is 117 Å². The van der Waals surface area contributed by atoms with E-state index in [-0.39, 0.29) is 9.79 Å². The lowest BCUT2D eigenvalue weighted by atomic mass is 10.3. The first-order valence-corrected chi connectivity index (χ1v) is 7.40. The fourth-order valence-electron chi connectivity index (χ4n) is 1.13. The summed E-state index contributed by atoms with van der Waals surface area (Å²) < 4.78 is 22.5. The molecule has 18 heavy (non-hydrogen) atoms. The molecule has 1 aromatic rings. The Hall–Kier alpha value is -1.61. The van der Waals surface area contributed by atoms with Gasteiger partial charge in [-0.25, -0.2) is 8.42 Å². The van der Waals surface area contributed by atoms with Crippen LogP contribution in [0.4, 0.5) is 5.69 Å². The minimum absolute atomic E-state index is 0.0802. The predicted molar refractivity (Wildman–Crippen MR) is 61.9 cm³/mol. The highest BCUT2D eigenvalue weighted by Crippen LogP contribution is 2.31. The highest BCUT2D eigenvalue weighted by Gasteiger charge is 2.18. The summed E-state index contributed by atoms with van der Waals surface area (Å²) in [7, 11) is -3.55. The predicted octanol–water partition coefficient (Wildman–Crippen LogP) is -0.160. The van der Waals surface area contributed by atoms with Crippen molar-refractivity contribution in [3.63, 3.8) is 0 Å². The molecule has 0 aliphatic rings. The molecule has 9 heteroatoms. The summed E-state index contributed by atoms with van der Waals surface area (Å²) in [5.41, 5.74) is -0.441. The zero-order chi connectivity index (χ0) is 13.9. The summed E-state index contributed by atoms with van der Waals surface area (Å²) in [5, 5.41) is 21.1. The van der Waals surface area contributed by atoms with Crippen LogP contribution < -0.4 is 5.11 Å². The Morgan fingerprint density at radius 2 is 2.06 bits per heavy atom. The molecule has 0 amide bonds. The molecule has 0 aliphatic heterocycles. The summed E-state index contributed by atoms with van der Waals surface area (Å²) in [5.74, 6) is -1.81. The van der Waals surface area contributed by atoms with E-state index in [2.05, 4.69) is 0 Å². The number of sulfone groups is 1. The summed E-state index contributed by atoms with van der Waals surface area (Å²) in [6, 6.07) is 3.31. The number of nitrogens with zero attached hydrogens (tertiary/aromatic N) is 1. The van der Waals surface area contributed by atoms with E-state index in [9.17, 15) is 28.4 Å². The second-order valence-electron chi connectivity index (χ2n) is 3.32. The van der Waals surface area contributed by atoms with Crippen molar-refractivity contribution in [3.8, 4) is 0 Å². The van der Waals surface area contributed by atoms with Crippen molar-refractivity contribution in [3.05, 3.63) is 28.3 Å². The normalized spacial score (nSPS) is 11.2. The Labute approximate surface area is 107 Å². The number of thioether (sulfide) groups is 1. The fraction of sp³-hybridized carbons (Fsp3) is 0.222. The third-order valence-corrected chi connectivity index (χ3v) is 4.05. The molecule has 0 N–H and O–H groups in total. The van der Waals surface area contributed by atoms with Crippen LogP contribution in [0.25, 0.3) is 0 Å². The molecule has 0 saturated carbocycles. The van der Waals surface area contributed by atoms with E-state index in [0.29, 0.717) is 11.8 Å². The van der Waals surface area contributed by atoms with E-state index in [1.807, 2.05) is 0 Å². The van der Waals surface area contributed by atoms with E-state index < -0.39 is 32.2 Å². The van der Waals surface area contributed by atoms with Gasteiger partial charge in [-0.1, -0.05) is 0 Å². The lowest BCUT2D eigenvalue weighted by molar-refractivity contribution is -0.388. The number of aliphatic carboxylic acids is 1. The number of carbonyl (C=O) groups excluding carboxylic acids is 1. The SMILES string of the molecule is CS(=O)(=O)c1ccc(SCC(=O)[O-])c([N+](=O)[O-])c1. The minimum Gasteiger partial charge on any atom is -0.549 e. The van der Waals surface area contributed by atoms with Gasteiger partial charge in [0.05, 0.1) is 20.7 Å². The number of carboxylic acids is 1. The summed E-state index contributed by atoms with van der Waals surface area (Å²) in [6.45, 7) is 0. The summed E-state index contributed by atoms with van der Waals surface area (Å²) >= 11 is 0.704. The first-order valence-electron chi connectivity index (χ1n) is 4.53. The molecule has 0 spiro atoms. The van der Waals surface area contributed by atoms with Crippen molar-refractivity contribution in [1.29, 1.82) is 0 Å². The van der Waals surface area contributed by atoms with Gasteiger partial charge in [0.25, 0.3) is 5.69 Å². The molecule has 0 aliphatic carbocycles. The molecule has 0 radical (unpaired) electrons. The maximum atomic E-state index is 11.3. The van der Waals surface area contributed by atoms with E-state index in [4.69, 9.17) is 0 Å². The summed E-state index contributed by atoms with van der Waals surface area (Å²) in [6.07, 6.45) is 0.931. The summed E-state index contributed by atoms with van der Waals surface area (Å²) in [4.78, 5) is 20.2. The Bertz CT molecular complexity index is 595. The van der Waals surface area contributed by atoms with Gasteiger partial charge >= 0.3 is 0 Å². The zero-order valence-electron chi connectivity index (χ0n) is 9.15. The van der Waals surface area contributed by atoms with Crippen LogP contribution in [0, 0.1) is 10.1 Å². The van der Waals surface area contributed by atoms with Crippen molar-refractivity contribution in [2.45, 2.75) is 9.79 Å². The highest BCUT2D eigenvalue weighted by molar-refractivity contribution is 8.00. The second-order valence-corrected chi connectivity index (χ2v) is 6.35. The van der Waals surface area contributed by atoms with Gasteiger partial charge in [0.2, 0.25) is 0 Å². The molecule has 0 unspecified atom stereocenters. The largest absolute Gasteiger partial charge is 0.549 e. The average Bonchev–Trinajstić information content (AvgIpc) is 2.24. The molecule has 0 saturated heterocycles. The van der Waals surface area contributed by atoms with Gasteiger partial charge in [0.15, 0.2) is 9.84 Å². The molecule has 98 valence electrons. The fourth-order valence-corrected chi connectivity index (χ4v) is 2.49. The minimum atomic E-state index is -3.55. The third-order valence-electron chi connectivity index (χ3n) is 1.90. The number of rotatable bonds is 5. The van der Waals surface area contributed by atoms with E-state index in [0.717, 1.165) is 12.3 Å². The molecule has 0 aromatic heterocycles. The number of benzene rings is 1. The number of hydrogen-bond acceptors (Lipinski definition) is 7. The van der Waals surface area contributed by atoms with Crippen LogP contribution in [0.2, 0.25) is 0 Å². The quantitative estimate of drug-likeness (QED) is 0.420. The maximum Gasteiger partial charge on any atom is 0.284 e. The molecule has 1 aromatic carbocycles. The number of hydrogen-bond donors (Lipinski definition) is 0. The van der Waals surface area contributed by atoms with Gasteiger partial charge in [-0.2, -0.15) is 0 Å². The Kier molecular flexibility index (Phi) is 4.30. The van der Waals surface area contributed by atoms with Gasteiger partial charge in [-0.05, 0) is 12.1 Å². The van der Waals surface area contributed by atoms with Crippen LogP contribution in [-0.4, -0.2) is 31.3 Å². The maximum absolute atomic E-state index is 11.3. The van der Waals surface area contributed by atoms with Gasteiger partial charge in [0, 0.05) is 18.1 Å². The number of carboxylic acid groups (broad SMARTS) is 1. The lowest BCUT2D eigenvalue weighted by Gasteiger charge is -2.05. The van der Waals surface area contributed by atoms with Crippen molar-refractivity contribution in [2.75, 3.05) is 12.0 Å². The van der Waals surface area contributed by atoms with Gasteiger partial charge in [0.1, 0.15) is 0 Å². The van der Waals surface area contributed by atoms with Crippen molar-refractivity contribution in [2.24, 2.45) is 0 Å². The van der Waals surface area contributed by atoms with Crippen LogP contribution >= 0.6 is 11.8 Å². The van der Waals surface area contributed by atoms with Crippen molar-refractivity contribution < 1.29 is 23.2 Å². The molecule has 0 atom stereocenters. The lowest BCUT2D eigenvalue weighted by Crippen LogP contribution is -2.24. The zero-order valence-corrected chi connectivity index (χ0v) is 10.8. The third kappa shape index (κ3) is 3.70. The first-order chi connectivity index (χ1) is 8.21. The van der Waals surface area contributed by atoms with Crippen LogP contribution in [0.15, 0.2) is 28.0 Å². The average molecular weight is 290 g/mol. The molecule has 0 heterocycles. The molecular formula is C9H8NO6S2-. The van der Waals surface area contributed by atoms with Gasteiger partial charge < -0.3 is 9.90 Å². The number of nitro benzene ring substituents is 1. The van der Waals surface area contributed by atoms with Crippen LogP contribution in [0.3, 0.4) is 0 Å². The van der Waals surface area contributed by atoms with Gasteiger partial charge in [-0.3, -0.25) is 10.1 Å². The first kappa shape index (κ1) is 14.5. The van der Waals surface area contributed by atoms with E-state index >= 15 is 0 Å². The molecule has 7 nitrogen and oxygen atoms in total. The van der Waals surface area contributed by atoms with Crippen LogP contribution in [0.1, 0.15) is 0 Å². The van der Waals surface area contributed by atoms with Gasteiger partial charge in [-0.15, -0.1) is 11.8 Å². The molecule has 0 bridgehead atoms. The Morgan fingerprint density at radius 1 is 1.44 bits per heavy atom. The van der Waals surface area contributed by atoms with Crippen LogP contribution in [0.5, 0.6) is 0 Å². The standard InChI is InChI=1S/C9H9NO6S2/c1-18(15,16)6-2-3-8(17-5-9(11)12)7(4-6)10(13)14/h2-4H,5H2,1H3,(H,11,12)/p-1. The van der Waals surface area contributed by atoms with Crippen LogP contribution in [-0.2, 0) is 14.6 Å². The number of nitro groups is 1. The Balaban J connectivity index is 3.21.